The summed E-state index contributed by atoms with van der Waals surface area (Å²) >= 11 is 1.53. The molecule has 0 aliphatic carbocycles. The van der Waals surface area contributed by atoms with E-state index in [1.165, 1.54) is 11.8 Å². The second-order valence-electron chi connectivity index (χ2n) is 8.13. The lowest BCUT2D eigenvalue weighted by Gasteiger charge is -2.28. The third-order valence-electron chi connectivity index (χ3n) is 5.55. The SMILES string of the molecule is CCC(C)C(NC(=O)C(CC(=O)O)NC(=O)C(NC(=O)C(N)CCSC)C(C)CC)C(=O)O. The Bertz CT molecular complexity index is 692. The Morgan fingerprint density at radius 3 is 1.82 bits per heavy atom. The van der Waals surface area contributed by atoms with Crippen molar-refractivity contribution >= 4 is 41.4 Å². The molecule has 0 aromatic heterocycles. The fourth-order valence-electron chi connectivity index (χ4n) is 2.92. The van der Waals surface area contributed by atoms with Gasteiger partial charge < -0.3 is 31.9 Å². The number of carbonyl (C=O) groups excluding carboxylic acids is 3. The van der Waals surface area contributed by atoms with E-state index in [0.717, 1.165) is 0 Å². The van der Waals surface area contributed by atoms with Gasteiger partial charge in [-0.15, -0.1) is 0 Å². The molecule has 0 heterocycles. The molecule has 0 saturated heterocycles. The number of hydrogen-bond acceptors (Lipinski definition) is 7. The monoisotopic (exact) mass is 490 g/mol. The molecule has 6 unspecified atom stereocenters. The molecule has 33 heavy (non-hydrogen) atoms. The summed E-state index contributed by atoms with van der Waals surface area (Å²) in [5.41, 5.74) is 5.88. The van der Waals surface area contributed by atoms with Gasteiger partial charge in [0.15, 0.2) is 0 Å². The molecule has 190 valence electrons. The molecule has 0 radical (unpaired) electrons. The highest BCUT2D eigenvalue weighted by atomic mass is 32.2. The van der Waals surface area contributed by atoms with Gasteiger partial charge in [0.2, 0.25) is 17.7 Å². The lowest BCUT2D eigenvalue weighted by molar-refractivity contribution is -0.144. The number of hydrogen-bond donors (Lipinski definition) is 6. The van der Waals surface area contributed by atoms with Gasteiger partial charge in [0, 0.05) is 0 Å². The lowest BCUT2D eigenvalue weighted by Crippen LogP contribution is -2.59. The van der Waals surface area contributed by atoms with Crippen LogP contribution in [0.4, 0.5) is 0 Å². The average molecular weight is 491 g/mol. The molecule has 12 heteroatoms. The predicted molar refractivity (Wildman–Crippen MR) is 126 cm³/mol. The first-order valence-corrected chi connectivity index (χ1v) is 12.4. The Kier molecular flexibility index (Phi) is 14.4. The van der Waals surface area contributed by atoms with Gasteiger partial charge in [0.1, 0.15) is 18.1 Å². The topological polar surface area (TPSA) is 188 Å². The third-order valence-corrected chi connectivity index (χ3v) is 6.20. The summed E-state index contributed by atoms with van der Waals surface area (Å²) in [6.07, 6.45) is 2.52. The van der Waals surface area contributed by atoms with Crippen molar-refractivity contribution < 1.29 is 34.2 Å². The standard InChI is InChI=1S/C21H38N4O7S/c1-6-11(3)16(24-18(28)13(22)8-9-33-5)20(30)23-14(10-15(26)27)19(29)25-17(21(31)32)12(4)7-2/h11-14,16-17H,6-10,22H2,1-5H3,(H,23,30)(H,24,28)(H,25,29)(H,26,27)(H,31,32). The molecular formula is C21H38N4O7S. The molecule has 11 nitrogen and oxygen atoms in total. The Labute approximate surface area is 199 Å². The first kappa shape index (κ1) is 30.7. The van der Waals surface area contributed by atoms with Gasteiger partial charge in [0.05, 0.1) is 12.5 Å². The van der Waals surface area contributed by atoms with Crippen LogP contribution in [0.2, 0.25) is 0 Å². The van der Waals surface area contributed by atoms with Crippen molar-refractivity contribution in [1.29, 1.82) is 0 Å². The number of carboxylic acid groups (broad SMARTS) is 2. The van der Waals surface area contributed by atoms with E-state index < -0.39 is 66.2 Å². The summed E-state index contributed by atoms with van der Waals surface area (Å²) in [4.78, 5) is 60.9. The second-order valence-corrected chi connectivity index (χ2v) is 9.11. The van der Waals surface area contributed by atoms with Gasteiger partial charge in [-0.1, -0.05) is 40.5 Å². The number of aliphatic carboxylic acids is 2. The number of nitrogens with one attached hydrogen (secondary N) is 3. The Balaban J connectivity index is 5.57. The van der Waals surface area contributed by atoms with Crippen LogP contribution in [0.3, 0.4) is 0 Å². The predicted octanol–water partition coefficient (Wildman–Crippen LogP) is 0.173. The van der Waals surface area contributed by atoms with E-state index in [9.17, 15) is 34.2 Å². The molecule has 0 rings (SSSR count). The van der Waals surface area contributed by atoms with E-state index in [2.05, 4.69) is 16.0 Å². The number of amides is 3. The number of carbonyl (C=O) groups is 5. The van der Waals surface area contributed by atoms with E-state index in [4.69, 9.17) is 5.73 Å². The van der Waals surface area contributed by atoms with Crippen molar-refractivity contribution in [2.45, 2.75) is 77.5 Å². The largest absolute Gasteiger partial charge is 0.481 e. The Morgan fingerprint density at radius 2 is 1.36 bits per heavy atom. The molecule has 6 atom stereocenters. The van der Waals surface area contributed by atoms with Crippen molar-refractivity contribution in [3.05, 3.63) is 0 Å². The van der Waals surface area contributed by atoms with Crippen LogP contribution < -0.4 is 21.7 Å². The molecule has 0 bridgehead atoms. The number of rotatable bonds is 16. The van der Waals surface area contributed by atoms with Gasteiger partial charge in [-0.2, -0.15) is 11.8 Å². The van der Waals surface area contributed by atoms with E-state index in [1.807, 2.05) is 13.2 Å². The van der Waals surface area contributed by atoms with Crippen LogP contribution in [0, 0.1) is 11.8 Å². The van der Waals surface area contributed by atoms with Crippen molar-refractivity contribution in [1.82, 2.24) is 16.0 Å². The third kappa shape index (κ3) is 10.9. The number of carboxylic acids is 2. The zero-order valence-electron chi connectivity index (χ0n) is 19.9. The van der Waals surface area contributed by atoms with Crippen LogP contribution >= 0.6 is 11.8 Å². The molecule has 0 aliphatic rings. The van der Waals surface area contributed by atoms with E-state index in [1.54, 1.807) is 20.8 Å². The summed E-state index contributed by atoms with van der Waals surface area (Å²) in [5.74, 6) is -4.89. The van der Waals surface area contributed by atoms with E-state index in [0.29, 0.717) is 25.0 Å². The van der Waals surface area contributed by atoms with Crippen LogP contribution in [0.15, 0.2) is 0 Å². The Hall–Kier alpha value is -2.34. The summed E-state index contributed by atoms with van der Waals surface area (Å²) < 4.78 is 0. The minimum Gasteiger partial charge on any atom is -0.481 e. The normalized spacial score (nSPS) is 16.4. The summed E-state index contributed by atoms with van der Waals surface area (Å²) in [7, 11) is 0. The van der Waals surface area contributed by atoms with Crippen LogP contribution in [-0.4, -0.2) is 76.0 Å². The number of thioether (sulfide) groups is 1. The van der Waals surface area contributed by atoms with Crippen molar-refractivity contribution in [2.75, 3.05) is 12.0 Å². The van der Waals surface area contributed by atoms with Gasteiger partial charge in [-0.25, -0.2) is 4.79 Å². The molecule has 0 fully saturated rings. The van der Waals surface area contributed by atoms with Gasteiger partial charge in [-0.05, 0) is 30.3 Å². The maximum atomic E-state index is 13.0. The fraction of sp³-hybridized carbons (Fsp3) is 0.762. The van der Waals surface area contributed by atoms with Crippen molar-refractivity contribution in [3.63, 3.8) is 0 Å². The first-order valence-electron chi connectivity index (χ1n) is 11.0. The van der Waals surface area contributed by atoms with Crippen LogP contribution in [0.1, 0.15) is 53.4 Å². The van der Waals surface area contributed by atoms with Crippen LogP contribution in [-0.2, 0) is 24.0 Å². The summed E-state index contributed by atoms with van der Waals surface area (Å²) in [5, 5.41) is 25.9. The zero-order chi connectivity index (χ0) is 25.7. The van der Waals surface area contributed by atoms with E-state index in [-0.39, 0.29) is 5.92 Å². The molecule has 0 saturated carbocycles. The zero-order valence-corrected chi connectivity index (χ0v) is 20.7. The van der Waals surface area contributed by atoms with Crippen LogP contribution in [0.25, 0.3) is 0 Å². The van der Waals surface area contributed by atoms with E-state index >= 15 is 0 Å². The fourth-order valence-corrected chi connectivity index (χ4v) is 3.41. The van der Waals surface area contributed by atoms with Gasteiger partial charge in [-0.3, -0.25) is 19.2 Å². The smallest absolute Gasteiger partial charge is 0.326 e. The average Bonchev–Trinajstić information content (AvgIpc) is 2.76. The minimum absolute atomic E-state index is 0.331. The molecule has 7 N–H and O–H groups in total. The highest BCUT2D eigenvalue weighted by Gasteiger charge is 2.34. The Morgan fingerprint density at radius 1 is 0.848 bits per heavy atom. The minimum atomic E-state index is -1.52. The molecule has 0 aromatic carbocycles. The summed E-state index contributed by atoms with van der Waals surface area (Å²) in [6, 6.07) is -4.62. The highest BCUT2D eigenvalue weighted by molar-refractivity contribution is 7.98. The first-order chi connectivity index (χ1) is 15.4. The van der Waals surface area contributed by atoms with Gasteiger partial charge in [0.25, 0.3) is 0 Å². The molecular weight excluding hydrogens is 452 g/mol. The lowest BCUT2D eigenvalue weighted by atomic mass is 9.96. The number of nitrogens with two attached hydrogens (primary N) is 1. The van der Waals surface area contributed by atoms with Crippen molar-refractivity contribution in [3.8, 4) is 0 Å². The maximum Gasteiger partial charge on any atom is 0.326 e. The van der Waals surface area contributed by atoms with Gasteiger partial charge >= 0.3 is 11.9 Å². The quantitative estimate of drug-likeness (QED) is 0.175. The molecule has 3 amide bonds. The maximum absolute atomic E-state index is 13.0. The second kappa shape index (κ2) is 15.5. The van der Waals surface area contributed by atoms with Crippen molar-refractivity contribution in [2.24, 2.45) is 17.6 Å². The van der Waals surface area contributed by atoms with Crippen LogP contribution in [0.5, 0.6) is 0 Å². The molecule has 0 aromatic rings. The summed E-state index contributed by atoms with van der Waals surface area (Å²) in [6.45, 7) is 6.94. The molecule has 0 aliphatic heterocycles. The highest BCUT2D eigenvalue weighted by Crippen LogP contribution is 2.11. The molecule has 0 spiro atoms.